The number of hydrogen-bond donors (Lipinski definition) is 1. The first-order valence-electron chi connectivity index (χ1n) is 7.03. The second kappa shape index (κ2) is 6.16. The van der Waals surface area contributed by atoms with Crippen molar-refractivity contribution < 1.29 is 9.47 Å². The summed E-state index contributed by atoms with van der Waals surface area (Å²) in [5, 5.41) is 3.64. The van der Waals surface area contributed by atoms with E-state index in [1.165, 1.54) is 12.2 Å². The lowest BCUT2D eigenvalue weighted by Gasteiger charge is -2.38. The predicted octanol–water partition coefficient (Wildman–Crippen LogP) is 3.92. The van der Waals surface area contributed by atoms with Crippen molar-refractivity contribution in [1.82, 2.24) is 0 Å². The Hall–Kier alpha value is -0.390. The summed E-state index contributed by atoms with van der Waals surface area (Å²) in [6.45, 7) is 0.867. The Morgan fingerprint density at radius 1 is 1.50 bits per heavy atom. The molecule has 3 rings (SSSR count). The lowest BCUT2D eigenvalue weighted by molar-refractivity contribution is -0.0628. The Kier molecular flexibility index (Phi) is 4.48. The standard InChI is InChI=1S/C15H20BrNO2S/c1-18-14-8-11(2-3-13(14)16)17-12-4-6-19-15(9-12)5-7-20-10-15/h2-3,8,12,17H,4-7,9-10H2,1H3. The number of benzene rings is 1. The zero-order valence-electron chi connectivity index (χ0n) is 11.7. The lowest BCUT2D eigenvalue weighted by Crippen LogP contribution is -2.44. The van der Waals surface area contributed by atoms with E-state index in [1.807, 2.05) is 17.8 Å². The maximum atomic E-state index is 6.07. The van der Waals surface area contributed by atoms with Crippen LogP contribution in [0.15, 0.2) is 22.7 Å². The summed E-state index contributed by atoms with van der Waals surface area (Å²) in [5.74, 6) is 3.25. The zero-order chi connectivity index (χ0) is 14.0. The molecule has 2 aliphatic heterocycles. The molecule has 2 fully saturated rings. The molecule has 0 bridgehead atoms. The van der Waals surface area contributed by atoms with Crippen LogP contribution in [0.4, 0.5) is 5.69 Å². The van der Waals surface area contributed by atoms with Gasteiger partial charge in [0.15, 0.2) is 0 Å². The molecule has 2 aliphatic rings. The number of ether oxygens (including phenoxy) is 2. The SMILES string of the molecule is COc1cc(NC2CCOC3(CCSC3)C2)ccc1Br. The van der Waals surface area contributed by atoms with Crippen molar-refractivity contribution in [2.24, 2.45) is 0 Å². The molecule has 0 amide bonds. The fourth-order valence-electron chi connectivity index (χ4n) is 3.00. The molecule has 1 spiro atoms. The monoisotopic (exact) mass is 357 g/mol. The predicted molar refractivity (Wildman–Crippen MR) is 88.0 cm³/mol. The highest BCUT2D eigenvalue weighted by Gasteiger charge is 2.40. The van der Waals surface area contributed by atoms with Gasteiger partial charge in [-0.3, -0.25) is 0 Å². The minimum atomic E-state index is 0.125. The Morgan fingerprint density at radius 2 is 2.40 bits per heavy atom. The average Bonchev–Trinajstić information content (AvgIpc) is 2.89. The van der Waals surface area contributed by atoms with E-state index in [0.29, 0.717) is 6.04 Å². The third-order valence-electron chi connectivity index (χ3n) is 4.08. The van der Waals surface area contributed by atoms with Crippen LogP contribution in [0.1, 0.15) is 19.3 Å². The molecule has 20 heavy (non-hydrogen) atoms. The number of nitrogens with one attached hydrogen (secondary N) is 1. The van der Waals surface area contributed by atoms with E-state index >= 15 is 0 Å². The first kappa shape index (κ1) is 14.5. The number of thioether (sulfide) groups is 1. The van der Waals surface area contributed by atoms with Crippen molar-refractivity contribution in [3.05, 3.63) is 22.7 Å². The Labute approximate surface area is 132 Å². The maximum Gasteiger partial charge on any atom is 0.135 e. The van der Waals surface area contributed by atoms with E-state index < -0.39 is 0 Å². The largest absolute Gasteiger partial charge is 0.495 e. The summed E-state index contributed by atoms with van der Waals surface area (Å²) in [5.41, 5.74) is 1.25. The van der Waals surface area contributed by atoms with Crippen LogP contribution < -0.4 is 10.1 Å². The van der Waals surface area contributed by atoms with E-state index in [1.54, 1.807) is 7.11 Å². The molecule has 0 aromatic heterocycles. The fourth-order valence-corrected chi connectivity index (χ4v) is 4.79. The molecule has 1 aromatic carbocycles. The highest BCUT2D eigenvalue weighted by atomic mass is 79.9. The van der Waals surface area contributed by atoms with Crippen LogP contribution in [-0.2, 0) is 4.74 Å². The molecule has 5 heteroatoms. The minimum absolute atomic E-state index is 0.125. The van der Waals surface area contributed by atoms with Crippen molar-refractivity contribution in [3.8, 4) is 5.75 Å². The molecule has 2 heterocycles. The van der Waals surface area contributed by atoms with Gasteiger partial charge in [0.25, 0.3) is 0 Å². The van der Waals surface area contributed by atoms with E-state index in [9.17, 15) is 0 Å². The van der Waals surface area contributed by atoms with Crippen molar-refractivity contribution in [1.29, 1.82) is 0 Å². The third kappa shape index (κ3) is 3.10. The van der Waals surface area contributed by atoms with Crippen molar-refractivity contribution in [2.45, 2.75) is 30.9 Å². The number of hydrogen-bond acceptors (Lipinski definition) is 4. The average molecular weight is 358 g/mol. The Bertz CT molecular complexity index is 477. The van der Waals surface area contributed by atoms with Gasteiger partial charge in [-0.1, -0.05) is 0 Å². The molecule has 1 N–H and O–H groups in total. The molecule has 0 aliphatic carbocycles. The van der Waals surface area contributed by atoms with Gasteiger partial charge in [-0.05, 0) is 53.1 Å². The Balaban J connectivity index is 1.68. The molecule has 0 radical (unpaired) electrons. The molecular formula is C15H20BrNO2S. The third-order valence-corrected chi connectivity index (χ3v) is 5.96. The van der Waals surface area contributed by atoms with Crippen LogP contribution in [0.2, 0.25) is 0 Å². The van der Waals surface area contributed by atoms with Gasteiger partial charge in [0.2, 0.25) is 0 Å². The number of anilines is 1. The summed E-state index contributed by atoms with van der Waals surface area (Å²) < 4.78 is 12.4. The van der Waals surface area contributed by atoms with Gasteiger partial charge < -0.3 is 14.8 Å². The van der Waals surface area contributed by atoms with Crippen molar-refractivity contribution >= 4 is 33.4 Å². The molecule has 1 aromatic rings. The van der Waals surface area contributed by atoms with Gasteiger partial charge in [-0.15, -0.1) is 0 Å². The van der Waals surface area contributed by atoms with Crippen molar-refractivity contribution in [2.75, 3.05) is 30.5 Å². The molecule has 2 saturated heterocycles. The van der Waals surface area contributed by atoms with Crippen LogP contribution in [0.5, 0.6) is 5.75 Å². The van der Waals surface area contributed by atoms with E-state index in [2.05, 4.69) is 33.4 Å². The first-order chi connectivity index (χ1) is 9.71. The fraction of sp³-hybridized carbons (Fsp3) is 0.600. The van der Waals surface area contributed by atoms with E-state index in [-0.39, 0.29) is 5.60 Å². The van der Waals surface area contributed by atoms with Crippen LogP contribution in [0, 0.1) is 0 Å². The smallest absolute Gasteiger partial charge is 0.135 e. The second-order valence-corrected chi connectivity index (χ2v) is 7.48. The van der Waals surface area contributed by atoms with Gasteiger partial charge in [-0.25, -0.2) is 0 Å². The molecule has 0 saturated carbocycles. The number of methoxy groups -OCH3 is 1. The first-order valence-corrected chi connectivity index (χ1v) is 8.97. The van der Waals surface area contributed by atoms with Crippen LogP contribution in [0.25, 0.3) is 0 Å². The molecule has 2 unspecified atom stereocenters. The molecular weight excluding hydrogens is 338 g/mol. The maximum absolute atomic E-state index is 6.07. The molecule has 110 valence electrons. The van der Waals surface area contributed by atoms with E-state index in [0.717, 1.165) is 41.1 Å². The normalized spacial score (nSPS) is 29.6. The van der Waals surface area contributed by atoms with Gasteiger partial charge in [0.05, 0.1) is 17.2 Å². The summed E-state index contributed by atoms with van der Waals surface area (Å²) in [4.78, 5) is 0. The molecule has 2 atom stereocenters. The van der Waals surface area contributed by atoms with Crippen LogP contribution in [-0.4, -0.2) is 36.9 Å². The Morgan fingerprint density at radius 3 is 3.15 bits per heavy atom. The van der Waals surface area contributed by atoms with Crippen LogP contribution >= 0.6 is 27.7 Å². The summed E-state index contributed by atoms with van der Waals surface area (Å²) in [6.07, 6.45) is 3.38. The quantitative estimate of drug-likeness (QED) is 0.887. The summed E-state index contributed by atoms with van der Waals surface area (Å²) in [7, 11) is 1.70. The second-order valence-electron chi connectivity index (χ2n) is 5.52. The summed E-state index contributed by atoms with van der Waals surface area (Å²) >= 11 is 5.51. The zero-order valence-corrected chi connectivity index (χ0v) is 14.1. The van der Waals surface area contributed by atoms with Gasteiger partial charge in [0.1, 0.15) is 5.75 Å². The van der Waals surface area contributed by atoms with Gasteiger partial charge >= 0.3 is 0 Å². The number of rotatable bonds is 3. The van der Waals surface area contributed by atoms with Gasteiger partial charge in [-0.2, -0.15) is 11.8 Å². The summed E-state index contributed by atoms with van der Waals surface area (Å²) in [6, 6.07) is 6.67. The topological polar surface area (TPSA) is 30.5 Å². The van der Waals surface area contributed by atoms with Crippen LogP contribution in [0.3, 0.4) is 0 Å². The van der Waals surface area contributed by atoms with Crippen molar-refractivity contribution in [3.63, 3.8) is 0 Å². The number of halogens is 1. The highest BCUT2D eigenvalue weighted by molar-refractivity contribution is 9.10. The lowest BCUT2D eigenvalue weighted by atomic mass is 9.90. The highest BCUT2D eigenvalue weighted by Crippen LogP contribution is 2.39. The van der Waals surface area contributed by atoms with E-state index in [4.69, 9.17) is 9.47 Å². The minimum Gasteiger partial charge on any atom is -0.495 e. The van der Waals surface area contributed by atoms with Gasteiger partial charge in [0, 0.05) is 30.2 Å². The molecule has 3 nitrogen and oxygen atoms in total.